The first-order chi connectivity index (χ1) is 10.9. The van der Waals surface area contributed by atoms with E-state index >= 15 is 0 Å². The zero-order chi connectivity index (χ0) is 14.5. The monoisotopic (exact) mass is 280 g/mol. The molecule has 0 aromatic heterocycles. The summed E-state index contributed by atoms with van der Waals surface area (Å²) >= 11 is 0. The van der Waals surface area contributed by atoms with Crippen molar-refractivity contribution in [2.45, 2.75) is 12.8 Å². The number of rotatable bonds is 0. The van der Waals surface area contributed by atoms with Crippen molar-refractivity contribution in [3.63, 3.8) is 0 Å². The normalized spacial score (nSPS) is 14.7. The fraction of sp³-hybridized carbons (Fsp3) is 0.0909. The van der Waals surface area contributed by atoms with Crippen molar-refractivity contribution in [3.05, 3.63) is 106 Å². The molecule has 0 N–H and O–H groups in total. The van der Waals surface area contributed by atoms with Crippen molar-refractivity contribution in [1.29, 1.82) is 0 Å². The van der Waals surface area contributed by atoms with Gasteiger partial charge in [0.05, 0.1) is 0 Å². The Morgan fingerprint density at radius 3 is 1.55 bits per heavy atom. The van der Waals surface area contributed by atoms with Crippen LogP contribution >= 0.6 is 0 Å². The van der Waals surface area contributed by atoms with E-state index in [0.717, 1.165) is 12.8 Å². The Kier molecular flexibility index (Phi) is 2.42. The highest BCUT2D eigenvalue weighted by atomic mass is 14.3. The number of hydrogen-bond donors (Lipinski definition) is 0. The molecule has 2 aliphatic carbocycles. The van der Waals surface area contributed by atoms with Crippen LogP contribution in [0.5, 0.6) is 0 Å². The minimum Gasteiger partial charge on any atom is -0.0619 e. The van der Waals surface area contributed by atoms with E-state index < -0.39 is 0 Å². The van der Waals surface area contributed by atoms with E-state index in [1.165, 1.54) is 44.5 Å². The van der Waals surface area contributed by atoms with Gasteiger partial charge < -0.3 is 0 Å². The van der Waals surface area contributed by atoms with E-state index in [9.17, 15) is 0 Å². The first kappa shape index (κ1) is 12.0. The summed E-state index contributed by atoms with van der Waals surface area (Å²) in [5, 5.41) is 0. The summed E-state index contributed by atoms with van der Waals surface area (Å²) < 4.78 is 0. The molecule has 0 heteroatoms. The maximum Gasteiger partial charge on any atom is -0.000718 e. The van der Waals surface area contributed by atoms with E-state index in [1.54, 1.807) is 0 Å². The summed E-state index contributed by atoms with van der Waals surface area (Å²) in [6.07, 6.45) is 2.08. The van der Waals surface area contributed by atoms with Gasteiger partial charge in [0, 0.05) is 0 Å². The van der Waals surface area contributed by atoms with Gasteiger partial charge in [-0.1, -0.05) is 72.8 Å². The van der Waals surface area contributed by atoms with Crippen molar-refractivity contribution in [1.82, 2.24) is 0 Å². The fourth-order valence-electron chi connectivity index (χ4n) is 3.99. The Hall–Kier alpha value is -2.60. The summed E-state index contributed by atoms with van der Waals surface area (Å²) in [6, 6.07) is 26.7. The number of hydrogen-bond acceptors (Lipinski definition) is 0. The van der Waals surface area contributed by atoms with Crippen LogP contribution in [0.1, 0.15) is 33.4 Å². The van der Waals surface area contributed by atoms with E-state index in [1.807, 2.05) is 0 Å². The number of benzene rings is 3. The van der Waals surface area contributed by atoms with Crippen LogP contribution in [0, 0.1) is 0 Å². The van der Waals surface area contributed by atoms with Crippen molar-refractivity contribution >= 4 is 11.1 Å². The highest BCUT2D eigenvalue weighted by Gasteiger charge is 2.28. The van der Waals surface area contributed by atoms with E-state index in [4.69, 9.17) is 0 Å². The molecule has 0 saturated carbocycles. The summed E-state index contributed by atoms with van der Waals surface area (Å²) in [7, 11) is 0. The predicted molar refractivity (Wildman–Crippen MR) is 91.8 cm³/mol. The third-order valence-corrected chi connectivity index (χ3v) is 4.97. The predicted octanol–water partition coefficient (Wildman–Crippen LogP) is 5.11. The molecule has 0 radical (unpaired) electrons. The van der Waals surface area contributed by atoms with Gasteiger partial charge in [-0.25, -0.2) is 0 Å². The van der Waals surface area contributed by atoms with Gasteiger partial charge in [0.25, 0.3) is 0 Å². The molecule has 0 aliphatic heterocycles. The first-order valence-corrected chi connectivity index (χ1v) is 7.90. The molecule has 5 rings (SSSR count). The molecule has 0 amide bonds. The molecule has 2 aliphatic rings. The largest absolute Gasteiger partial charge is 0.0619 e. The van der Waals surface area contributed by atoms with Gasteiger partial charge in [-0.3, -0.25) is 0 Å². The molecule has 0 atom stereocenters. The molecule has 3 aromatic rings. The zero-order valence-electron chi connectivity index (χ0n) is 12.3. The van der Waals surface area contributed by atoms with Gasteiger partial charge in [-0.15, -0.1) is 0 Å². The van der Waals surface area contributed by atoms with Crippen LogP contribution in [0.2, 0.25) is 0 Å². The Balaban J connectivity index is 1.90. The van der Waals surface area contributed by atoms with Crippen LogP contribution in [-0.4, -0.2) is 0 Å². The van der Waals surface area contributed by atoms with Crippen molar-refractivity contribution in [2.24, 2.45) is 0 Å². The minimum absolute atomic E-state index is 1.03. The quantitative estimate of drug-likeness (QED) is 0.537. The molecule has 0 heterocycles. The second kappa shape index (κ2) is 4.45. The van der Waals surface area contributed by atoms with Crippen LogP contribution in [0.15, 0.2) is 72.8 Å². The molecular formula is C22H16. The fourth-order valence-corrected chi connectivity index (χ4v) is 3.99. The molecule has 0 bridgehead atoms. The summed E-state index contributed by atoms with van der Waals surface area (Å²) in [5.74, 6) is 0. The molecular weight excluding hydrogens is 264 g/mol. The van der Waals surface area contributed by atoms with Gasteiger partial charge in [0.15, 0.2) is 0 Å². The maximum absolute atomic E-state index is 2.29. The Morgan fingerprint density at radius 1 is 0.455 bits per heavy atom. The molecule has 0 saturated heterocycles. The summed E-state index contributed by atoms with van der Waals surface area (Å²) in [4.78, 5) is 0. The van der Waals surface area contributed by atoms with Crippen molar-refractivity contribution < 1.29 is 0 Å². The highest BCUT2D eigenvalue weighted by Crippen LogP contribution is 2.46. The second-order valence-electron chi connectivity index (χ2n) is 6.18. The van der Waals surface area contributed by atoms with Gasteiger partial charge in [-0.2, -0.15) is 0 Å². The smallest absolute Gasteiger partial charge is 0.000718 e. The molecule has 0 unspecified atom stereocenters. The first-order valence-electron chi connectivity index (χ1n) is 7.90. The SMILES string of the molecule is c1ccc2c(c1)Cc1ccccc1C1=C2Cc2ccccc21. The third kappa shape index (κ3) is 1.58. The summed E-state index contributed by atoms with van der Waals surface area (Å²) in [5.41, 5.74) is 11.6. The molecule has 0 nitrogen and oxygen atoms in total. The maximum atomic E-state index is 2.29. The van der Waals surface area contributed by atoms with Crippen LogP contribution in [-0.2, 0) is 12.8 Å². The summed E-state index contributed by atoms with van der Waals surface area (Å²) in [6.45, 7) is 0. The lowest BCUT2D eigenvalue weighted by atomic mass is 9.93. The molecule has 22 heavy (non-hydrogen) atoms. The average Bonchev–Trinajstić information content (AvgIpc) is 2.89. The highest BCUT2D eigenvalue weighted by molar-refractivity contribution is 6.05. The molecule has 104 valence electrons. The third-order valence-electron chi connectivity index (χ3n) is 4.97. The lowest BCUT2D eigenvalue weighted by Gasteiger charge is -2.10. The van der Waals surface area contributed by atoms with Crippen LogP contribution in [0.4, 0.5) is 0 Å². The van der Waals surface area contributed by atoms with Crippen molar-refractivity contribution in [3.8, 4) is 0 Å². The lowest BCUT2D eigenvalue weighted by molar-refractivity contribution is 1.17. The van der Waals surface area contributed by atoms with E-state index in [0.29, 0.717) is 0 Å². The zero-order valence-corrected chi connectivity index (χ0v) is 12.3. The van der Waals surface area contributed by atoms with Gasteiger partial charge in [0.1, 0.15) is 0 Å². The standard InChI is InChI=1S/C22H16/c1-4-10-18-15(7-1)13-16-8-2-5-11-19(16)22-20-12-6-3-9-17(20)14-21(18)22/h1-12H,13-14H2. The van der Waals surface area contributed by atoms with Gasteiger partial charge in [0.2, 0.25) is 0 Å². The Bertz CT molecular complexity index is 928. The molecule has 0 spiro atoms. The number of fused-ring (bicyclic) bond motifs is 6. The van der Waals surface area contributed by atoms with Crippen LogP contribution in [0.3, 0.4) is 0 Å². The van der Waals surface area contributed by atoms with Crippen molar-refractivity contribution in [2.75, 3.05) is 0 Å². The molecule has 3 aromatic carbocycles. The average molecular weight is 280 g/mol. The topological polar surface area (TPSA) is 0 Å². The minimum atomic E-state index is 1.03. The second-order valence-corrected chi connectivity index (χ2v) is 6.18. The number of allylic oxidation sites excluding steroid dienone is 1. The van der Waals surface area contributed by atoms with Crippen LogP contribution in [0.25, 0.3) is 11.1 Å². The van der Waals surface area contributed by atoms with Gasteiger partial charge in [-0.05, 0) is 57.4 Å². The Labute approximate surface area is 130 Å². The Morgan fingerprint density at radius 2 is 0.909 bits per heavy atom. The van der Waals surface area contributed by atoms with E-state index in [2.05, 4.69) is 72.8 Å². The van der Waals surface area contributed by atoms with Gasteiger partial charge >= 0.3 is 0 Å². The van der Waals surface area contributed by atoms with Crippen LogP contribution < -0.4 is 0 Å². The molecule has 0 fully saturated rings. The lowest BCUT2D eigenvalue weighted by Crippen LogP contribution is -1.95. The van der Waals surface area contributed by atoms with E-state index in [-0.39, 0.29) is 0 Å².